The van der Waals surface area contributed by atoms with Gasteiger partial charge in [-0.25, -0.2) is 0 Å². The largest absolute Gasteiger partial charge is 0.344 e. The van der Waals surface area contributed by atoms with Crippen molar-refractivity contribution in [2.24, 2.45) is 5.92 Å². The molecule has 1 N–H and O–H groups in total. The van der Waals surface area contributed by atoms with Crippen molar-refractivity contribution in [2.45, 2.75) is 12.8 Å². The average molecular weight is 213 g/mol. The first-order valence-electron chi connectivity index (χ1n) is 5.73. The van der Waals surface area contributed by atoms with Crippen LogP contribution in [-0.4, -0.2) is 63.0 Å². The Labute approximate surface area is 92.6 Å². The SMILES string of the molecule is CNCCN(C)C(=O)C1CCN(C)CC1. The molecule has 1 rings (SSSR count). The summed E-state index contributed by atoms with van der Waals surface area (Å²) < 4.78 is 0. The summed E-state index contributed by atoms with van der Waals surface area (Å²) >= 11 is 0. The Morgan fingerprint density at radius 2 is 2.07 bits per heavy atom. The Balaban J connectivity index is 2.32. The molecule has 88 valence electrons. The third kappa shape index (κ3) is 3.80. The number of nitrogens with zero attached hydrogens (tertiary/aromatic N) is 2. The van der Waals surface area contributed by atoms with Crippen LogP contribution in [0.3, 0.4) is 0 Å². The highest BCUT2D eigenvalue weighted by molar-refractivity contribution is 5.78. The zero-order valence-corrected chi connectivity index (χ0v) is 10.1. The maximum Gasteiger partial charge on any atom is 0.225 e. The lowest BCUT2D eigenvalue weighted by Gasteiger charge is -2.30. The smallest absolute Gasteiger partial charge is 0.225 e. The second-order valence-corrected chi connectivity index (χ2v) is 4.44. The van der Waals surface area contributed by atoms with Crippen LogP contribution >= 0.6 is 0 Å². The van der Waals surface area contributed by atoms with Crippen LogP contribution in [0.1, 0.15) is 12.8 Å². The van der Waals surface area contributed by atoms with E-state index in [1.807, 2.05) is 19.0 Å². The van der Waals surface area contributed by atoms with E-state index >= 15 is 0 Å². The first kappa shape index (κ1) is 12.5. The fourth-order valence-electron chi connectivity index (χ4n) is 1.96. The molecule has 4 heteroatoms. The summed E-state index contributed by atoms with van der Waals surface area (Å²) in [5.74, 6) is 0.571. The van der Waals surface area contributed by atoms with Gasteiger partial charge in [-0.15, -0.1) is 0 Å². The van der Waals surface area contributed by atoms with Crippen LogP contribution in [0.15, 0.2) is 0 Å². The Morgan fingerprint density at radius 3 is 2.60 bits per heavy atom. The van der Waals surface area contributed by atoms with Crippen LogP contribution in [-0.2, 0) is 4.79 Å². The number of hydrogen-bond donors (Lipinski definition) is 1. The predicted octanol–water partition coefficient (Wildman–Crippen LogP) is 0.00600. The van der Waals surface area contributed by atoms with Gasteiger partial charge in [0.15, 0.2) is 0 Å². The minimum absolute atomic E-state index is 0.253. The van der Waals surface area contributed by atoms with Gasteiger partial charge in [-0.3, -0.25) is 4.79 Å². The van der Waals surface area contributed by atoms with E-state index in [4.69, 9.17) is 0 Å². The van der Waals surface area contributed by atoms with Crippen LogP contribution in [0, 0.1) is 5.92 Å². The number of nitrogens with one attached hydrogen (secondary N) is 1. The highest BCUT2D eigenvalue weighted by atomic mass is 16.2. The first-order valence-corrected chi connectivity index (χ1v) is 5.73. The third-order valence-corrected chi connectivity index (χ3v) is 3.14. The summed E-state index contributed by atoms with van der Waals surface area (Å²) in [6.07, 6.45) is 2.03. The van der Waals surface area contributed by atoms with E-state index in [-0.39, 0.29) is 5.92 Å². The Hall–Kier alpha value is -0.610. The zero-order valence-electron chi connectivity index (χ0n) is 10.1. The summed E-state index contributed by atoms with van der Waals surface area (Å²) in [7, 11) is 5.93. The van der Waals surface area contributed by atoms with E-state index in [2.05, 4.69) is 17.3 Å². The summed E-state index contributed by atoms with van der Waals surface area (Å²) in [4.78, 5) is 16.1. The summed E-state index contributed by atoms with van der Waals surface area (Å²) in [5, 5.41) is 3.06. The number of amides is 1. The van der Waals surface area contributed by atoms with Gasteiger partial charge in [-0.05, 0) is 40.0 Å². The molecule has 0 unspecified atom stereocenters. The lowest BCUT2D eigenvalue weighted by Crippen LogP contribution is -2.41. The van der Waals surface area contributed by atoms with Crippen LogP contribution in [0.25, 0.3) is 0 Å². The number of piperidine rings is 1. The Bertz CT molecular complexity index is 200. The molecule has 0 aliphatic carbocycles. The van der Waals surface area contributed by atoms with E-state index in [9.17, 15) is 4.79 Å². The van der Waals surface area contributed by atoms with Gasteiger partial charge >= 0.3 is 0 Å². The fourth-order valence-corrected chi connectivity index (χ4v) is 1.96. The van der Waals surface area contributed by atoms with Gasteiger partial charge in [-0.2, -0.15) is 0 Å². The fraction of sp³-hybridized carbons (Fsp3) is 0.909. The quantitative estimate of drug-likeness (QED) is 0.714. The number of likely N-dealkylation sites (tertiary alicyclic amines) is 1. The minimum atomic E-state index is 0.253. The average Bonchev–Trinajstić information content (AvgIpc) is 2.26. The van der Waals surface area contributed by atoms with Crippen LogP contribution in [0.5, 0.6) is 0 Å². The first-order chi connectivity index (χ1) is 7.15. The number of likely N-dealkylation sites (N-methyl/N-ethyl adjacent to an activating group) is 2. The van der Waals surface area contributed by atoms with Crippen molar-refractivity contribution in [1.29, 1.82) is 0 Å². The molecule has 0 saturated carbocycles. The number of carbonyl (C=O) groups is 1. The van der Waals surface area contributed by atoms with Gasteiger partial charge in [0.05, 0.1) is 0 Å². The maximum atomic E-state index is 12.0. The topological polar surface area (TPSA) is 35.6 Å². The van der Waals surface area contributed by atoms with Gasteiger partial charge in [-0.1, -0.05) is 0 Å². The predicted molar refractivity (Wildman–Crippen MR) is 61.8 cm³/mol. The Kier molecular flexibility index (Phi) is 5.05. The molecule has 1 saturated heterocycles. The van der Waals surface area contributed by atoms with Crippen molar-refractivity contribution in [1.82, 2.24) is 15.1 Å². The second kappa shape index (κ2) is 6.08. The van der Waals surface area contributed by atoms with Crippen molar-refractivity contribution in [3.05, 3.63) is 0 Å². The molecule has 0 bridgehead atoms. The highest BCUT2D eigenvalue weighted by Crippen LogP contribution is 2.17. The molecular formula is C11H23N3O. The molecule has 0 radical (unpaired) electrons. The third-order valence-electron chi connectivity index (χ3n) is 3.14. The van der Waals surface area contributed by atoms with Crippen molar-refractivity contribution < 1.29 is 4.79 Å². The zero-order chi connectivity index (χ0) is 11.3. The highest BCUT2D eigenvalue weighted by Gasteiger charge is 2.25. The molecule has 0 aromatic rings. The second-order valence-electron chi connectivity index (χ2n) is 4.44. The van der Waals surface area contributed by atoms with Crippen LogP contribution < -0.4 is 5.32 Å². The molecule has 0 aromatic carbocycles. The van der Waals surface area contributed by atoms with E-state index in [0.29, 0.717) is 5.91 Å². The van der Waals surface area contributed by atoms with Crippen molar-refractivity contribution in [2.75, 3.05) is 47.3 Å². The number of hydrogen-bond acceptors (Lipinski definition) is 3. The monoisotopic (exact) mass is 213 g/mol. The molecule has 4 nitrogen and oxygen atoms in total. The van der Waals surface area contributed by atoms with Crippen molar-refractivity contribution in [3.63, 3.8) is 0 Å². The van der Waals surface area contributed by atoms with E-state index < -0.39 is 0 Å². The molecule has 1 heterocycles. The molecule has 15 heavy (non-hydrogen) atoms. The normalized spacial score (nSPS) is 19.1. The molecular weight excluding hydrogens is 190 g/mol. The van der Waals surface area contributed by atoms with E-state index in [1.165, 1.54) is 0 Å². The van der Waals surface area contributed by atoms with E-state index in [1.54, 1.807) is 0 Å². The van der Waals surface area contributed by atoms with Crippen molar-refractivity contribution >= 4 is 5.91 Å². The maximum absolute atomic E-state index is 12.0. The van der Waals surface area contributed by atoms with Crippen LogP contribution in [0.4, 0.5) is 0 Å². The lowest BCUT2D eigenvalue weighted by molar-refractivity contribution is -0.135. The molecule has 0 atom stereocenters. The summed E-state index contributed by atoms with van der Waals surface area (Å²) in [5.41, 5.74) is 0. The van der Waals surface area contributed by atoms with Gasteiger partial charge in [0.1, 0.15) is 0 Å². The van der Waals surface area contributed by atoms with Gasteiger partial charge in [0.25, 0.3) is 0 Å². The van der Waals surface area contributed by atoms with Gasteiger partial charge < -0.3 is 15.1 Å². The molecule has 1 aliphatic rings. The van der Waals surface area contributed by atoms with E-state index in [0.717, 1.165) is 39.0 Å². The number of rotatable bonds is 4. The number of carbonyl (C=O) groups excluding carboxylic acids is 1. The molecule has 1 fully saturated rings. The van der Waals surface area contributed by atoms with Gasteiger partial charge in [0.2, 0.25) is 5.91 Å². The Morgan fingerprint density at radius 1 is 1.47 bits per heavy atom. The van der Waals surface area contributed by atoms with Gasteiger partial charge in [0, 0.05) is 26.1 Å². The molecule has 0 spiro atoms. The molecule has 0 aromatic heterocycles. The summed E-state index contributed by atoms with van der Waals surface area (Å²) in [6, 6.07) is 0. The standard InChI is InChI=1S/C11H23N3O/c1-12-6-9-14(3)11(15)10-4-7-13(2)8-5-10/h10,12H,4-9H2,1-3H3. The van der Waals surface area contributed by atoms with Crippen molar-refractivity contribution in [3.8, 4) is 0 Å². The molecule has 1 amide bonds. The summed E-state index contributed by atoms with van der Waals surface area (Å²) in [6.45, 7) is 3.78. The minimum Gasteiger partial charge on any atom is -0.344 e. The lowest BCUT2D eigenvalue weighted by atomic mass is 9.96. The van der Waals surface area contributed by atoms with Crippen LogP contribution in [0.2, 0.25) is 0 Å². The molecule has 1 aliphatic heterocycles.